The summed E-state index contributed by atoms with van der Waals surface area (Å²) in [5.41, 5.74) is 28.3. The van der Waals surface area contributed by atoms with Gasteiger partial charge in [-0.05, 0) is 218 Å². The number of hydrogen-bond acceptors (Lipinski definition) is 4. The second kappa shape index (κ2) is 25.9. The van der Waals surface area contributed by atoms with E-state index in [0.717, 1.165) is 37.8 Å². The van der Waals surface area contributed by atoms with Gasteiger partial charge in [0.05, 0.1) is 34.5 Å². The third kappa shape index (κ3) is 10.7. The highest BCUT2D eigenvalue weighted by Crippen LogP contribution is 2.60. The molecule has 0 unspecified atom stereocenters. The summed E-state index contributed by atoms with van der Waals surface area (Å²) in [6.07, 6.45) is 0. The summed E-state index contributed by atoms with van der Waals surface area (Å²) in [6.45, 7) is 8.47. The lowest BCUT2D eigenvalue weighted by molar-refractivity contribution is 0.00578. The molecule has 0 bridgehead atoms. The van der Waals surface area contributed by atoms with Crippen molar-refractivity contribution in [2.75, 3.05) is 0 Å². The molecule has 4 nitrogen and oxygen atoms in total. The van der Waals surface area contributed by atoms with Gasteiger partial charge in [0.25, 0.3) is 0 Å². The van der Waals surface area contributed by atoms with Gasteiger partial charge < -0.3 is 9.31 Å². The summed E-state index contributed by atoms with van der Waals surface area (Å²) in [5.74, 6) is 0. The summed E-state index contributed by atoms with van der Waals surface area (Å²) in [6, 6.07) is 120. The quantitative estimate of drug-likeness (QED) is 0.142. The van der Waals surface area contributed by atoms with Crippen LogP contribution in [0.25, 0.3) is 165 Å². The van der Waals surface area contributed by atoms with Gasteiger partial charge in [0.2, 0.25) is 0 Å². The largest absolute Gasteiger partial charge is 0.495 e. The van der Waals surface area contributed by atoms with Crippen molar-refractivity contribution < 1.29 is 9.31 Å². The van der Waals surface area contributed by atoms with Crippen LogP contribution in [-0.4, -0.2) is 18.3 Å². The molecule has 0 amide bonds. The lowest BCUT2D eigenvalue weighted by Crippen LogP contribution is -2.41. The molecular formula is C96H66BBrN2O2. The van der Waals surface area contributed by atoms with Gasteiger partial charge in [0.1, 0.15) is 0 Å². The minimum absolute atomic E-state index is 0.401. The molecule has 0 radical (unpaired) electrons. The van der Waals surface area contributed by atoms with Crippen molar-refractivity contribution in [2.45, 2.75) is 38.9 Å². The molecule has 2 aliphatic carbocycles. The molecule has 1 saturated heterocycles. The van der Waals surface area contributed by atoms with Crippen LogP contribution in [0.4, 0.5) is 0 Å². The standard InChI is InChI=1S/C45H27N.C38H31BO2.C13H8BrN/c46-28-33-24-23-32(27-40(33)29-13-4-1-5-14-29)34-25-26-39-43-35(34)21-12-22-38(43)44-41(30-15-6-2-7-16-30)36-19-10-11-20-37(36)42(45(39)44)31-17-8-3-9-18-31;1-37(2)38(3,4)41-39(40-37)31-23-22-30-34-28(31)20-13-21-29(34)35-32(24-14-7-5-8-15-24)26-18-11-12-19-27(26)33(36(30)35)25-16-9-6-10-17-25;14-12-7-6-11(9-15)13(8-12)10-4-2-1-3-5-10/h1-27H;5-23H,1-4H3;1-8H. The zero-order chi connectivity index (χ0) is 69.2. The average Bonchev–Trinajstić information content (AvgIpc) is 1.51. The Labute approximate surface area is 603 Å². The number of halogens is 1. The van der Waals surface area contributed by atoms with Crippen LogP contribution in [0.3, 0.4) is 0 Å². The van der Waals surface area contributed by atoms with Crippen LogP contribution in [0.5, 0.6) is 0 Å². The Bertz CT molecular complexity index is 5880. The van der Waals surface area contributed by atoms with Crippen molar-refractivity contribution in [3.8, 4) is 135 Å². The van der Waals surface area contributed by atoms with E-state index in [2.05, 4.69) is 311 Å². The van der Waals surface area contributed by atoms with E-state index < -0.39 is 18.3 Å². The van der Waals surface area contributed by atoms with E-state index in [1.165, 1.54) is 138 Å². The fraction of sp³-hybridized carbons (Fsp3) is 0.0625. The van der Waals surface area contributed by atoms with E-state index in [0.29, 0.717) is 11.1 Å². The van der Waals surface area contributed by atoms with Gasteiger partial charge in [-0.1, -0.05) is 313 Å². The highest BCUT2D eigenvalue weighted by molar-refractivity contribution is 9.10. The van der Waals surface area contributed by atoms with Gasteiger partial charge in [-0.2, -0.15) is 10.5 Å². The third-order valence-electron chi connectivity index (χ3n) is 21.1. The zero-order valence-corrected chi connectivity index (χ0v) is 58.4. The van der Waals surface area contributed by atoms with Crippen molar-refractivity contribution in [3.05, 3.63) is 343 Å². The van der Waals surface area contributed by atoms with E-state index in [1.807, 2.05) is 72.8 Å². The highest BCUT2D eigenvalue weighted by atomic mass is 79.9. The molecule has 6 heteroatoms. The SMILES string of the molecule is CC1(C)OB(c2ccc3c4c(cccc24)-c2c-3c(-c3ccccc3)c3ccccc3c2-c2ccccc2)OC1(C)C.N#Cc1ccc(-c2ccc3c4c(cccc24)-c2c-3c(-c3ccccc3)c3ccccc3c2-c2ccccc2)cc1-c1ccccc1.N#Cc1ccc(Br)cc1-c1ccccc1. The molecule has 1 aliphatic heterocycles. The molecule has 0 aromatic heterocycles. The van der Waals surface area contributed by atoms with Gasteiger partial charge in [-0.3, -0.25) is 0 Å². The maximum atomic E-state index is 9.96. The maximum absolute atomic E-state index is 9.96. The van der Waals surface area contributed by atoms with Crippen molar-refractivity contribution in [2.24, 2.45) is 0 Å². The second-order valence-electron chi connectivity index (χ2n) is 27.4. The normalized spacial score (nSPS) is 13.2. The molecule has 0 atom stereocenters. The van der Waals surface area contributed by atoms with Gasteiger partial charge in [0, 0.05) is 15.6 Å². The van der Waals surface area contributed by atoms with Crippen LogP contribution in [-0.2, 0) is 9.31 Å². The maximum Gasteiger partial charge on any atom is 0.495 e. The van der Waals surface area contributed by atoms with Crippen LogP contribution in [0.15, 0.2) is 332 Å². The molecule has 102 heavy (non-hydrogen) atoms. The number of rotatable bonds is 8. The van der Waals surface area contributed by atoms with Crippen molar-refractivity contribution in [3.63, 3.8) is 0 Å². The topological polar surface area (TPSA) is 66.0 Å². The fourth-order valence-electron chi connectivity index (χ4n) is 15.8. The van der Waals surface area contributed by atoms with Crippen LogP contribution >= 0.6 is 15.9 Å². The second-order valence-corrected chi connectivity index (χ2v) is 28.3. The summed E-state index contributed by atoms with van der Waals surface area (Å²) < 4.78 is 14.1. The van der Waals surface area contributed by atoms with Gasteiger partial charge in [0.15, 0.2) is 0 Å². The van der Waals surface area contributed by atoms with Gasteiger partial charge in [-0.15, -0.1) is 0 Å². The number of nitriles is 2. The van der Waals surface area contributed by atoms with E-state index in [4.69, 9.17) is 14.6 Å². The average molecular weight is 1370 g/mol. The first-order valence-corrected chi connectivity index (χ1v) is 35.5. The predicted octanol–water partition coefficient (Wildman–Crippen LogP) is 25.4. The van der Waals surface area contributed by atoms with E-state index in [-0.39, 0.29) is 0 Å². The molecular weight excluding hydrogens is 1300 g/mol. The minimum Gasteiger partial charge on any atom is -0.399 e. The van der Waals surface area contributed by atoms with E-state index in [9.17, 15) is 5.26 Å². The molecule has 1 fully saturated rings. The van der Waals surface area contributed by atoms with Crippen LogP contribution < -0.4 is 5.46 Å². The van der Waals surface area contributed by atoms with Crippen LogP contribution in [0.2, 0.25) is 0 Å². The smallest absolute Gasteiger partial charge is 0.399 e. The molecule has 482 valence electrons. The lowest BCUT2D eigenvalue weighted by atomic mass is 9.75. The molecule has 19 rings (SSSR count). The number of benzene rings is 16. The highest BCUT2D eigenvalue weighted by Gasteiger charge is 2.52. The zero-order valence-electron chi connectivity index (χ0n) is 56.8. The molecule has 0 N–H and O–H groups in total. The van der Waals surface area contributed by atoms with Crippen LogP contribution in [0.1, 0.15) is 38.8 Å². The molecule has 16 aromatic carbocycles. The Morgan fingerprint density at radius 3 is 0.980 bits per heavy atom. The molecule has 3 aliphatic rings. The monoisotopic (exact) mass is 1370 g/mol. The summed E-state index contributed by atoms with van der Waals surface area (Å²) in [5, 5.41) is 29.0. The fourth-order valence-corrected chi connectivity index (χ4v) is 16.2. The van der Waals surface area contributed by atoms with Crippen molar-refractivity contribution >= 4 is 71.6 Å². The van der Waals surface area contributed by atoms with Gasteiger partial charge >= 0.3 is 7.12 Å². The third-order valence-corrected chi connectivity index (χ3v) is 21.6. The van der Waals surface area contributed by atoms with Crippen molar-refractivity contribution in [1.29, 1.82) is 10.5 Å². The summed E-state index contributed by atoms with van der Waals surface area (Å²) in [7, 11) is -0.422. The van der Waals surface area contributed by atoms with E-state index in [1.54, 1.807) is 0 Å². The number of nitrogens with zero attached hydrogens (tertiary/aromatic N) is 2. The first kappa shape index (κ1) is 63.5. The van der Waals surface area contributed by atoms with Crippen molar-refractivity contribution in [1.82, 2.24) is 0 Å². The van der Waals surface area contributed by atoms with Crippen LogP contribution in [0, 0.1) is 22.7 Å². The first-order valence-electron chi connectivity index (χ1n) is 34.7. The predicted molar refractivity (Wildman–Crippen MR) is 429 cm³/mol. The number of hydrogen-bond donors (Lipinski definition) is 0. The Hall–Kier alpha value is -12.0. The number of fused-ring (bicyclic) bond motifs is 8. The Kier molecular flexibility index (Phi) is 16.1. The molecule has 16 aromatic rings. The first-order chi connectivity index (χ1) is 50.0. The van der Waals surface area contributed by atoms with E-state index >= 15 is 0 Å². The Morgan fingerprint density at radius 2 is 0.578 bits per heavy atom. The summed E-state index contributed by atoms with van der Waals surface area (Å²) in [4.78, 5) is 0. The lowest BCUT2D eigenvalue weighted by Gasteiger charge is -2.32. The molecule has 1 heterocycles. The minimum atomic E-state index is -0.422. The Balaban J connectivity index is 0.000000127. The van der Waals surface area contributed by atoms with Gasteiger partial charge in [-0.25, -0.2) is 0 Å². The molecule has 0 saturated carbocycles. The Morgan fingerprint density at radius 1 is 0.265 bits per heavy atom. The summed E-state index contributed by atoms with van der Waals surface area (Å²) >= 11 is 3.41. The molecule has 0 spiro atoms.